The number of nitrogens with one attached hydrogen (secondary N) is 1. The average molecular weight is 418 g/mol. The summed E-state index contributed by atoms with van der Waals surface area (Å²) in [5, 5.41) is 8.39. The van der Waals surface area contributed by atoms with Gasteiger partial charge in [0, 0.05) is 23.7 Å². The first kappa shape index (κ1) is 19.8. The van der Waals surface area contributed by atoms with E-state index in [2.05, 4.69) is 16.9 Å². The number of hydrogen-bond donors (Lipinski definition) is 2. The van der Waals surface area contributed by atoms with E-state index in [9.17, 15) is 4.79 Å². The van der Waals surface area contributed by atoms with Gasteiger partial charge in [0.1, 0.15) is 0 Å². The number of nitrogens with two attached hydrogens (primary N) is 1. The fourth-order valence-electron chi connectivity index (χ4n) is 3.59. The van der Waals surface area contributed by atoms with E-state index >= 15 is 0 Å². The fourth-order valence-corrected chi connectivity index (χ4v) is 4.71. The molecule has 0 radical (unpaired) electrons. The fraction of sp³-hybridized carbons (Fsp3) is 0.174. The van der Waals surface area contributed by atoms with E-state index < -0.39 is 0 Å². The number of anilines is 2. The number of hydrogen-bond acceptors (Lipinski definition) is 5. The van der Waals surface area contributed by atoms with Gasteiger partial charge in [0.25, 0.3) is 0 Å². The standard InChI is InChI=1S/C23H23N5OS/c1-4-6-8-15(5-2)20-18-11-12-19-22(30-23(26-19)25-14(3)29)21(18)28(27-20)17-10-7-9-16(24)13-17/h4-10,13H,2,11-12,24H2,1,3H3,(H,25,26,29)/b6-4-,15-8+. The molecule has 7 heteroatoms. The highest BCUT2D eigenvalue weighted by Crippen LogP contribution is 2.43. The Labute approximate surface area is 179 Å². The molecular weight excluding hydrogens is 394 g/mol. The Morgan fingerprint density at radius 1 is 1.37 bits per heavy atom. The van der Waals surface area contributed by atoms with Gasteiger partial charge in [-0.3, -0.25) is 4.79 Å². The quantitative estimate of drug-likeness (QED) is 0.462. The predicted molar refractivity (Wildman–Crippen MR) is 124 cm³/mol. The summed E-state index contributed by atoms with van der Waals surface area (Å²) in [7, 11) is 0. The molecule has 152 valence electrons. The molecule has 2 aromatic heterocycles. The Bertz CT molecular complexity index is 1200. The highest BCUT2D eigenvalue weighted by atomic mass is 32.1. The van der Waals surface area contributed by atoms with Crippen molar-refractivity contribution in [2.75, 3.05) is 11.1 Å². The van der Waals surface area contributed by atoms with Crippen molar-refractivity contribution in [1.29, 1.82) is 0 Å². The van der Waals surface area contributed by atoms with Gasteiger partial charge in [-0.25, -0.2) is 9.67 Å². The number of allylic oxidation sites excluding steroid dienone is 5. The van der Waals surface area contributed by atoms with Crippen molar-refractivity contribution in [3.8, 4) is 16.3 Å². The molecule has 0 atom stereocenters. The number of carbonyl (C=O) groups excluding carboxylic acids is 1. The van der Waals surface area contributed by atoms with Crippen LogP contribution in [-0.2, 0) is 17.6 Å². The number of aromatic nitrogens is 3. The normalized spacial score (nSPS) is 13.2. The van der Waals surface area contributed by atoms with Gasteiger partial charge >= 0.3 is 0 Å². The highest BCUT2D eigenvalue weighted by Gasteiger charge is 2.30. The Kier molecular flexibility index (Phi) is 5.37. The zero-order valence-corrected chi connectivity index (χ0v) is 17.8. The summed E-state index contributed by atoms with van der Waals surface area (Å²) in [6.07, 6.45) is 9.42. The lowest BCUT2D eigenvalue weighted by Gasteiger charge is -2.14. The van der Waals surface area contributed by atoms with E-state index in [4.69, 9.17) is 10.8 Å². The van der Waals surface area contributed by atoms with Gasteiger partial charge in [0.2, 0.25) is 5.91 Å². The molecule has 6 nitrogen and oxygen atoms in total. The van der Waals surface area contributed by atoms with Crippen LogP contribution in [0.5, 0.6) is 0 Å². The average Bonchev–Trinajstić information content (AvgIpc) is 3.29. The molecule has 0 bridgehead atoms. The first-order valence-corrected chi connectivity index (χ1v) is 10.5. The first-order valence-electron chi connectivity index (χ1n) is 9.73. The number of aryl methyl sites for hydroxylation is 1. The molecule has 30 heavy (non-hydrogen) atoms. The van der Waals surface area contributed by atoms with Crippen LogP contribution in [0, 0.1) is 0 Å². The summed E-state index contributed by atoms with van der Waals surface area (Å²) in [6, 6.07) is 7.67. The number of carbonyl (C=O) groups is 1. The minimum absolute atomic E-state index is 0.130. The molecular formula is C23H23N5OS. The molecule has 0 saturated carbocycles. The molecule has 0 spiro atoms. The molecule has 1 amide bonds. The molecule has 3 N–H and O–H groups in total. The van der Waals surface area contributed by atoms with Crippen molar-refractivity contribution < 1.29 is 4.79 Å². The van der Waals surface area contributed by atoms with Crippen LogP contribution in [0.4, 0.5) is 10.8 Å². The molecule has 4 rings (SSSR count). The van der Waals surface area contributed by atoms with Crippen LogP contribution >= 0.6 is 11.3 Å². The monoisotopic (exact) mass is 417 g/mol. The summed E-state index contributed by atoms with van der Waals surface area (Å²) in [5.41, 5.74) is 12.6. The van der Waals surface area contributed by atoms with Crippen molar-refractivity contribution >= 4 is 33.6 Å². The number of rotatable bonds is 5. The van der Waals surface area contributed by atoms with Crippen LogP contribution in [0.25, 0.3) is 21.8 Å². The maximum absolute atomic E-state index is 11.5. The topological polar surface area (TPSA) is 85.8 Å². The molecule has 0 aliphatic heterocycles. The van der Waals surface area contributed by atoms with Gasteiger partial charge in [-0.1, -0.05) is 48.3 Å². The molecule has 0 unspecified atom stereocenters. The smallest absolute Gasteiger partial charge is 0.223 e. The van der Waals surface area contributed by atoms with Crippen molar-refractivity contribution in [3.63, 3.8) is 0 Å². The second-order valence-corrected chi connectivity index (χ2v) is 8.01. The Balaban J connectivity index is 1.96. The van der Waals surface area contributed by atoms with Crippen molar-refractivity contribution in [2.45, 2.75) is 26.7 Å². The van der Waals surface area contributed by atoms with Gasteiger partial charge in [-0.2, -0.15) is 5.10 Å². The maximum Gasteiger partial charge on any atom is 0.223 e. The lowest BCUT2D eigenvalue weighted by atomic mass is 9.94. The van der Waals surface area contributed by atoms with E-state index in [0.717, 1.165) is 51.6 Å². The lowest BCUT2D eigenvalue weighted by molar-refractivity contribution is -0.114. The molecule has 0 saturated heterocycles. The maximum atomic E-state index is 11.5. The molecule has 1 aromatic carbocycles. The molecule has 3 aromatic rings. The van der Waals surface area contributed by atoms with Crippen LogP contribution in [0.3, 0.4) is 0 Å². The summed E-state index contributed by atoms with van der Waals surface area (Å²) < 4.78 is 1.93. The van der Waals surface area contributed by atoms with Crippen LogP contribution < -0.4 is 11.1 Å². The minimum atomic E-state index is -0.130. The van der Waals surface area contributed by atoms with Gasteiger partial charge < -0.3 is 11.1 Å². The van der Waals surface area contributed by atoms with E-state index in [1.165, 1.54) is 18.3 Å². The zero-order chi connectivity index (χ0) is 21.3. The van der Waals surface area contributed by atoms with Crippen molar-refractivity contribution in [2.24, 2.45) is 0 Å². The van der Waals surface area contributed by atoms with E-state index in [-0.39, 0.29) is 5.91 Å². The first-order chi connectivity index (χ1) is 14.5. The number of nitrogen functional groups attached to an aromatic ring is 1. The Hall–Kier alpha value is -3.45. The SMILES string of the molecule is C=C/C(=C\C=C/C)c1nn(-c2cccc(N)c2)c2c1CCc1nc(NC(C)=O)sc1-2. The number of thiazole rings is 1. The van der Waals surface area contributed by atoms with Crippen molar-refractivity contribution in [3.05, 3.63) is 72.1 Å². The molecule has 2 heterocycles. The number of benzene rings is 1. The van der Waals surface area contributed by atoms with Crippen LogP contribution in [0.1, 0.15) is 30.8 Å². The van der Waals surface area contributed by atoms with E-state index in [1.54, 1.807) is 0 Å². The second-order valence-electron chi connectivity index (χ2n) is 7.01. The third-order valence-electron chi connectivity index (χ3n) is 4.87. The van der Waals surface area contributed by atoms with E-state index in [0.29, 0.717) is 10.8 Å². The minimum Gasteiger partial charge on any atom is -0.399 e. The van der Waals surface area contributed by atoms with Crippen LogP contribution in [0.2, 0.25) is 0 Å². The summed E-state index contributed by atoms with van der Waals surface area (Å²) in [4.78, 5) is 17.2. The zero-order valence-electron chi connectivity index (χ0n) is 17.0. The number of nitrogens with zero attached hydrogens (tertiary/aromatic N) is 3. The Morgan fingerprint density at radius 3 is 2.90 bits per heavy atom. The number of fused-ring (bicyclic) bond motifs is 3. The van der Waals surface area contributed by atoms with Crippen LogP contribution in [0.15, 0.2) is 55.1 Å². The summed E-state index contributed by atoms with van der Waals surface area (Å²) >= 11 is 1.48. The Morgan fingerprint density at radius 2 is 2.20 bits per heavy atom. The molecule has 1 aliphatic rings. The molecule has 0 fully saturated rings. The van der Waals surface area contributed by atoms with Gasteiger partial charge in [-0.05, 0) is 38.0 Å². The highest BCUT2D eigenvalue weighted by molar-refractivity contribution is 7.19. The van der Waals surface area contributed by atoms with Crippen LogP contribution in [-0.4, -0.2) is 20.7 Å². The second kappa shape index (κ2) is 8.12. The van der Waals surface area contributed by atoms with Gasteiger partial charge in [0.05, 0.1) is 27.6 Å². The summed E-state index contributed by atoms with van der Waals surface area (Å²) in [6.45, 7) is 7.45. The largest absolute Gasteiger partial charge is 0.399 e. The van der Waals surface area contributed by atoms with E-state index in [1.807, 2.05) is 60.2 Å². The number of amides is 1. The van der Waals surface area contributed by atoms with Crippen molar-refractivity contribution in [1.82, 2.24) is 14.8 Å². The predicted octanol–water partition coefficient (Wildman–Crippen LogP) is 4.78. The summed E-state index contributed by atoms with van der Waals surface area (Å²) in [5.74, 6) is -0.130. The third kappa shape index (κ3) is 3.59. The molecule has 1 aliphatic carbocycles. The van der Waals surface area contributed by atoms with Gasteiger partial charge in [0.15, 0.2) is 5.13 Å². The lowest BCUT2D eigenvalue weighted by Crippen LogP contribution is -2.07. The van der Waals surface area contributed by atoms with Gasteiger partial charge in [-0.15, -0.1) is 0 Å². The third-order valence-corrected chi connectivity index (χ3v) is 5.89.